The van der Waals surface area contributed by atoms with Gasteiger partial charge in [-0.2, -0.15) is 5.10 Å². The predicted molar refractivity (Wildman–Crippen MR) is 132 cm³/mol. The lowest BCUT2D eigenvalue weighted by molar-refractivity contribution is -0.157. The molecule has 1 aromatic carbocycles. The van der Waals surface area contributed by atoms with Crippen LogP contribution in [0.4, 0.5) is 0 Å². The highest BCUT2D eigenvalue weighted by atomic mass is 35.5. The Morgan fingerprint density at radius 3 is 2.59 bits per heavy atom. The molecule has 0 saturated carbocycles. The normalized spacial score (nSPS) is 22.2. The Bertz CT molecular complexity index is 958. The van der Waals surface area contributed by atoms with Crippen molar-refractivity contribution in [3.8, 4) is 5.75 Å². The van der Waals surface area contributed by atoms with E-state index in [4.69, 9.17) is 21.1 Å². The zero-order chi connectivity index (χ0) is 24.1. The molecule has 3 heterocycles. The molecular formula is C25H36ClN5O3. The highest BCUT2D eigenvalue weighted by Gasteiger charge is 2.41. The second kappa shape index (κ2) is 11.1. The number of ether oxygens (including phenoxy) is 2. The van der Waals surface area contributed by atoms with Gasteiger partial charge in [0.2, 0.25) is 5.91 Å². The van der Waals surface area contributed by atoms with Crippen molar-refractivity contribution in [1.82, 2.24) is 24.5 Å². The molecule has 186 valence electrons. The van der Waals surface area contributed by atoms with Gasteiger partial charge in [-0.05, 0) is 45.2 Å². The zero-order valence-electron chi connectivity index (χ0n) is 20.5. The fourth-order valence-electron chi connectivity index (χ4n) is 4.61. The largest absolute Gasteiger partial charge is 0.491 e. The lowest BCUT2D eigenvalue weighted by atomic mass is 9.96. The first-order valence-electron chi connectivity index (χ1n) is 12.1. The van der Waals surface area contributed by atoms with Crippen molar-refractivity contribution < 1.29 is 14.3 Å². The van der Waals surface area contributed by atoms with Gasteiger partial charge in [-0.25, -0.2) is 0 Å². The van der Waals surface area contributed by atoms with Gasteiger partial charge < -0.3 is 19.3 Å². The molecule has 0 N–H and O–H groups in total. The number of hydrogen-bond acceptors (Lipinski definition) is 6. The summed E-state index contributed by atoms with van der Waals surface area (Å²) in [5.74, 6) is 0.848. The first-order valence-corrected chi connectivity index (χ1v) is 12.5. The third-order valence-corrected chi connectivity index (χ3v) is 6.99. The molecule has 2 aliphatic rings. The quantitative estimate of drug-likeness (QED) is 0.568. The number of morpholine rings is 1. The zero-order valence-corrected chi connectivity index (χ0v) is 21.3. The third kappa shape index (κ3) is 6.30. The number of likely N-dealkylation sites (N-methyl/N-ethyl adjacent to an activating group) is 1. The van der Waals surface area contributed by atoms with E-state index in [9.17, 15) is 4.79 Å². The number of hydrogen-bond donors (Lipinski definition) is 0. The number of amides is 1. The number of carbonyl (C=O) groups excluding carboxylic acids is 1. The monoisotopic (exact) mass is 489 g/mol. The van der Waals surface area contributed by atoms with Crippen LogP contribution in [0.5, 0.6) is 5.75 Å². The van der Waals surface area contributed by atoms with Crippen LogP contribution in [0.1, 0.15) is 24.6 Å². The maximum atomic E-state index is 13.3. The molecule has 34 heavy (non-hydrogen) atoms. The highest BCUT2D eigenvalue weighted by Crippen LogP contribution is 2.27. The predicted octanol–water partition coefficient (Wildman–Crippen LogP) is 2.68. The van der Waals surface area contributed by atoms with Gasteiger partial charge in [0, 0.05) is 69.1 Å². The van der Waals surface area contributed by atoms with Crippen molar-refractivity contribution in [1.29, 1.82) is 0 Å². The van der Waals surface area contributed by atoms with Gasteiger partial charge in [-0.15, -0.1) is 0 Å². The van der Waals surface area contributed by atoms with Crippen molar-refractivity contribution in [2.75, 3.05) is 59.5 Å². The number of piperazine rings is 1. The van der Waals surface area contributed by atoms with E-state index in [-0.39, 0.29) is 5.91 Å². The van der Waals surface area contributed by atoms with Gasteiger partial charge in [0.15, 0.2) is 0 Å². The molecule has 9 heteroatoms. The van der Waals surface area contributed by atoms with Crippen LogP contribution in [0.2, 0.25) is 5.02 Å². The van der Waals surface area contributed by atoms with E-state index < -0.39 is 5.60 Å². The van der Waals surface area contributed by atoms with E-state index in [1.807, 2.05) is 21.7 Å². The molecular weight excluding hydrogens is 454 g/mol. The fourth-order valence-corrected chi connectivity index (χ4v) is 4.74. The number of halogens is 1. The molecule has 2 saturated heterocycles. The minimum Gasteiger partial charge on any atom is -0.491 e. The lowest BCUT2D eigenvalue weighted by Crippen LogP contribution is -2.58. The third-order valence-electron chi connectivity index (χ3n) is 6.74. The lowest BCUT2D eigenvalue weighted by Gasteiger charge is -2.43. The molecule has 2 aliphatic heterocycles. The Balaban J connectivity index is 1.48. The first kappa shape index (κ1) is 25.0. The summed E-state index contributed by atoms with van der Waals surface area (Å²) in [5, 5.41) is 5.25. The topological polar surface area (TPSA) is 63.1 Å². The Kier molecular flexibility index (Phi) is 8.14. The summed E-state index contributed by atoms with van der Waals surface area (Å²) in [6.07, 6.45) is 2.42. The summed E-state index contributed by atoms with van der Waals surface area (Å²) in [6.45, 7) is 11.4. The molecule has 8 nitrogen and oxygen atoms in total. The molecule has 1 atom stereocenters. The van der Waals surface area contributed by atoms with E-state index in [1.54, 1.807) is 12.1 Å². The number of aryl methyl sites for hydroxylation is 2. The maximum absolute atomic E-state index is 13.3. The van der Waals surface area contributed by atoms with E-state index >= 15 is 0 Å². The molecule has 2 fully saturated rings. The van der Waals surface area contributed by atoms with Crippen LogP contribution < -0.4 is 4.74 Å². The summed E-state index contributed by atoms with van der Waals surface area (Å²) in [5.41, 5.74) is 1.54. The average molecular weight is 490 g/mol. The average Bonchev–Trinajstić information content (AvgIpc) is 3.18. The van der Waals surface area contributed by atoms with Crippen LogP contribution in [0.15, 0.2) is 30.5 Å². The second-order valence-electron chi connectivity index (χ2n) is 9.44. The van der Waals surface area contributed by atoms with Crippen molar-refractivity contribution in [2.45, 2.75) is 39.0 Å². The number of nitrogens with zero attached hydrogens (tertiary/aromatic N) is 5. The van der Waals surface area contributed by atoms with E-state index in [2.05, 4.69) is 42.0 Å². The minimum atomic E-state index is -0.715. The van der Waals surface area contributed by atoms with Crippen LogP contribution in [-0.2, 0) is 22.6 Å². The molecule has 0 unspecified atom stereocenters. The van der Waals surface area contributed by atoms with Gasteiger partial charge in [0.1, 0.15) is 18.0 Å². The number of aromatic nitrogens is 2. The van der Waals surface area contributed by atoms with Crippen LogP contribution in [0.3, 0.4) is 0 Å². The van der Waals surface area contributed by atoms with Crippen molar-refractivity contribution in [2.24, 2.45) is 0 Å². The summed E-state index contributed by atoms with van der Waals surface area (Å²) in [6, 6.07) is 7.31. The van der Waals surface area contributed by atoms with Crippen LogP contribution in [-0.4, -0.2) is 95.5 Å². The Hall–Kier alpha value is -2.13. The number of carbonyl (C=O) groups is 1. The molecule has 1 amide bonds. The molecule has 0 bridgehead atoms. The smallest absolute Gasteiger partial charge is 0.225 e. The van der Waals surface area contributed by atoms with E-state index in [0.717, 1.165) is 57.3 Å². The van der Waals surface area contributed by atoms with Crippen molar-refractivity contribution >= 4 is 17.5 Å². The maximum Gasteiger partial charge on any atom is 0.225 e. The van der Waals surface area contributed by atoms with Crippen molar-refractivity contribution in [3.63, 3.8) is 0 Å². The summed E-state index contributed by atoms with van der Waals surface area (Å²) in [4.78, 5) is 19.9. The van der Waals surface area contributed by atoms with Crippen molar-refractivity contribution in [3.05, 3.63) is 46.7 Å². The second-order valence-corrected chi connectivity index (χ2v) is 9.88. The van der Waals surface area contributed by atoms with Crippen LogP contribution >= 0.6 is 11.6 Å². The molecule has 1 aromatic heterocycles. The summed E-state index contributed by atoms with van der Waals surface area (Å²) >= 11 is 6.03. The van der Waals surface area contributed by atoms with Gasteiger partial charge in [-0.1, -0.05) is 11.6 Å². The van der Waals surface area contributed by atoms with Gasteiger partial charge in [0.05, 0.1) is 18.7 Å². The molecule has 4 rings (SSSR count). The minimum absolute atomic E-state index is 0.129. The molecule has 0 aliphatic carbocycles. The number of rotatable bonds is 8. The summed E-state index contributed by atoms with van der Waals surface area (Å²) in [7, 11) is 2.09. The van der Waals surface area contributed by atoms with Crippen LogP contribution in [0, 0.1) is 6.92 Å². The standard InChI is InChI=1S/C25H36ClN5O3/c1-4-31-17-21(20(2)27-31)16-29-13-14-34-25(18-29,19-33-23-7-5-22(26)6-8-23)15-24(32)30-11-9-28(3)10-12-30/h5-8,17H,4,9-16,18-19H2,1-3H3/t25-/m1/s1. The highest BCUT2D eigenvalue weighted by molar-refractivity contribution is 6.30. The molecule has 2 aromatic rings. The summed E-state index contributed by atoms with van der Waals surface area (Å²) < 4.78 is 14.5. The molecule has 0 radical (unpaired) electrons. The van der Waals surface area contributed by atoms with Gasteiger partial charge in [-0.3, -0.25) is 14.4 Å². The Morgan fingerprint density at radius 1 is 1.18 bits per heavy atom. The van der Waals surface area contributed by atoms with E-state index in [0.29, 0.717) is 31.2 Å². The Labute approximate surface area is 207 Å². The van der Waals surface area contributed by atoms with Gasteiger partial charge in [0.25, 0.3) is 0 Å². The van der Waals surface area contributed by atoms with Crippen LogP contribution in [0.25, 0.3) is 0 Å². The SMILES string of the molecule is CCn1cc(CN2CCO[C@](COc3ccc(Cl)cc3)(CC(=O)N3CCN(C)CC3)C2)c(C)n1. The van der Waals surface area contributed by atoms with Gasteiger partial charge >= 0.3 is 0 Å². The fraction of sp³-hybridized carbons (Fsp3) is 0.600. The Morgan fingerprint density at radius 2 is 1.91 bits per heavy atom. The number of benzene rings is 1. The first-order chi connectivity index (χ1) is 16.4. The molecule has 0 spiro atoms. The van der Waals surface area contributed by atoms with E-state index in [1.165, 1.54) is 5.56 Å².